The van der Waals surface area contributed by atoms with Gasteiger partial charge in [0, 0.05) is 28.8 Å². The van der Waals surface area contributed by atoms with Gasteiger partial charge in [0.15, 0.2) is 0 Å². The fourth-order valence-corrected chi connectivity index (χ4v) is 2.66. The molecule has 2 N–H and O–H groups in total. The Morgan fingerprint density at radius 2 is 1.84 bits per heavy atom. The van der Waals surface area contributed by atoms with Crippen LogP contribution in [0, 0.1) is 20.8 Å². The first-order valence-corrected chi connectivity index (χ1v) is 8.32. The van der Waals surface area contributed by atoms with Crippen molar-refractivity contribution in [3.63, 3.8) is 0 Å². The van der Waals surface area contributed by atoms with E-state index in [2.05, 4.69) is 47.6 Å². The van der Waals surface area contributed by atoms with Crippen molar-refractivity contribution in [3.8, 4) is 0 Å². The predicted molar refractivity (Wildman–Crippen MR) is 107 cm³/mol. The minimum absolute atomic E-state index is 0.307. The summed E-state index contributed by atoms with van der Waals surface area (Å²) in [4.78, 5) is 8.94. The second-order valence-electron chi connectivity index (χ2n) is 6.55. The van der Waals surface area contributed by atoms with Crippen molar-refractivity contribution in [3.05, 3.63) is 65.5 Å². The van der Waals surface area contributed by atoms with Gasteiger partial charge in [0.25, 0.3) is 0 Å². The minimum atomic E-state index is 0.307. The molecule has 2 rings (SSSR count). The summed E-state index contributed by atoms with van der Waals surface area (Å²) < 4.78 is 0. The van der Waals surface area contributed by atoms with Gasteiger partial charge in [-0.05, 0) is 38.3 Å². The highest BCUT2D eigenvalue weighted by Gasteiger charge is 2.12. The highest BCUT2D eigenvalue weighted by Crippen LogP contribution is 2.26. The number of hydrogen-bond acceptors (Lipinski definition) is 4. The minimum Gasteiger partial charge on any atom is -0.342 e. The molecule has 0 aliphatic rings. The summed E-state index contributed by atoms with van der Waals surface area (Å²) in [6.45, 7) is 18.3. The first-order chi connectivity index (χ1) is 11.7. The molecule has 2 aromatic heterocycles. The van der Waals surface area contributed by atoms with Gasteiger partial charge in [0.1, 0.15) is 13.7 Å². The quantitative estimate of drug-likeness (QED) is 0.796. The lowest BCUT2D eigenvalue weighted by Gasteiger charge is -2.20. The molecule has 0 saturated carbocycles. The number of nitrogens with zero attached hydrogens (tertiary/aromatic N) is 2. The van der Waals surface area contributed by atoms with Crippen molar-refractivity contribution < 1.29 is 0 Å². The molecule has 0 saturated heterocycles. The Bertz CT molecular complexity index is 825. The van der Waals surface area contributed by atoms with Crippen LogP contribution in [-0.2, 0) is 0 Å². The first kappa shape index (κ1) is 18.8. The van der Waals surface area contributed by atoms with Crippen LogP contribution in [0.2, 0.25) is 0 Å². The zero-order valence-corrected chi connectivity index (χ0v) is 15.7. The Labute approximate surface area is 151 Å². The lowest BCUT2D eigenvalue weighted by atomic mass is 9.92. The van der Waals surface area contributed by atoms with E-state index in [1.807, 2.05) is 39.1 Å². The van der Waals surface area contributed by atoms with E-state index in [9.17, 15) is 0 Å². The number of hydrogen-bond donors (Lipinski definition) is 2. The number of rotatable bonds is 6. The molecule has 4 nitrogen and oxygen atoms in total. The third-order valence-electron chi connectivity index (χ3n) is 4.08. The van der Waals surface area contributed by atoms with Gasteiger partial charge in [-0.2, -0.15) is 0 Å². The summed E-state index contributed by atoms with van der Waals surface area (Å²) in [6.07, 6.45) is 1.83. The van der Waals surface area contributed by atoms with Crippen LogP contribution in [0.1, 0.15) is 48.0 Å². The largest absolute Gasteiger partial charge is 0.342 e. The number of aryl methyl sites for hydroxylation is 3. The number of nitrogens with one attached hydrogen (secondary N) is 2. The monoisotopic (exact) mass is 332 g/mol. The highest BCUT2D eigenvalue weighted by molar-refractivity contribution is 6.33. The van der Waals surface area contributed by atoms with Gasteiger partial charge in [-0.25, -0.2) is 0 Å². The molecule has 2 radical (unpaired) electrons. The van der Waals surface area contributed by atoms with E-state index in [1.54, 1.807) is 0 Å². The number of pyridine rings is 2. The molecule has 0 aliphatic carbocycles. The van der Waals surface area contributed by atoms with E-state index in [0.717, 1.165) is 33.9 Å². The highest BCUT2D eigenvalue weighted by atomic mass is 15.1. The summed E-state index contributed by atoms with van der Waals surface area (Å²) >= 11 is 0. The molecular formula is C20H25BN4. The molecule has 0 bridgehead atoms. The number of anilines is 1. The van der Waals surface area contributed by atoms with Crippen LogP contribution < -0.4 is 16.1 Å². The second-order valence-corrected chi connectivity index (χ2v) is 6.55. The van der Waals surface area contributed by atoms with Gasteiger partial charge in [-0.15, -0.1) is 0 Å². The molecule has 5 heteroatoms. The molecule has 25 heavy (non-hydrogen) atoms. The Balaban J connectivity index is 2.19. The van der Waals surface area contributed by atoms with Crippen molar-refractivity contribution in [2.45, 2.75) is 40.5 Å². The average Bonchev–Trinajstić information content (AvgIpc) is 2.52. The van der Waals surface area contributed by atoms with Crippen molar-refractivity contribution in [2.75, 3.05) is 5.32 Å². The zero-order valence-electron chi connectivity index (χ0n) is 15.7. The smallest absolute Gasteiger partial charge is 0.116 e. The van der Waals surface area contributed by atoms with Crippen LogP contribution in [0.5, 0.6) is 0 Å². The standard InChI is InChI=1S/C20H25BN4/c1-11(2)19-20(12(3)8-9-22-19)25-16(7)24-14(5)17-10-18(21)15(6)23-13(17)4/h8-11,24-25H,5,7H2,1-4,6H3. The van der Waals surface area contributed by atoms with Crippen LogP contribution in [0.3, 0.4) is 0 Å². The maximum Gasteiger partial charge on any atom is 0.116 e. The van der Waals surface area contributed by atoms with E-state index in [0.29, 0.717) is 22.9 Å². The summed E-state index contributed by atoms with van der Waals surface area (Å²) in [6, 6.07) is 3.86. The van der Waals surface area contributed by atoms with Crippen molar-refractivity contribution in [1.29, 1.82) is 0 Å². The molecule has 0 unspecified atom stereocenters. The summed E-state index contributed by atoms with van der Waals surface area (Å²) in [7, 11) is 5.98. The van der Waals surface area contributed by atoms with Crippen molar-refractivity contribution >= 4 is 24.7 Å². The van der Waals surface area contributed by atoms with Crippen LogP contribution in [0.25, 0.3) is 5.70 Å². The van der Waals surface area contributed by atoms with Crippen molar-refractivity contribution in [1.82, 2.24) is 15.3 Å². The van der Waals surface area contributed by atoms with Gasteiger partial charge in [0.05, 0.1) is 11.4 Å². The lowest BCUT2D eigenvalue weighted by Crippen LogP contribution is -2.21. The molecule has 2 aromatic rings. The molecule has 128 valence electrons. The van der Waals surface area contributed by atoms with E-state index < -0.39 is 0 Å². The fraction of sp³-hybridized carbons (Fsp3) is 0.300. The lowest BCUT2D eigenvalue weighted by molar-refractivity contribution is 0.822. The Kier molecular flexibility index (Phi) is 5.68. The van der Waals surface area contributed by atoms with E-state index in [1.165, 1.54) is 0 Å². The van der Waals surface area contributed by atoms with Gasteiger partial charge in [-0.1, -0.05) is 38.5 Å². The molecule has 0 fully saturated rings. The summed E-state index contributed by atoms with van der Waals surface area (Å²) in [5, 5.41) is 6.53. The Morgan fingerprint density at radius 3 is 2.48 bits per heavy atom. The van der Waals surface area contributed by atoms with Gasteiger partial charge in [0.2, 0.25) is 0 Å². The van der Waals surface area contributed by atoms with Crippen LogP contribution >= 0.6 is 0 Å². The van der Waals surface area contributed by atoms with Crippen LogP contribution in [0.15, 0.2) is 37.3 Å². The van der Waals surface area contributed by atoms with E-state index in [-0.39, 0.29) is 0 Å². The normalized spacial score (nSPS) is 10.6. The first-order valence-electron chi connectivity index (χ1n) is 8.32. The summed E-state index contributed by atoms with van der Waals surface area (Å²) in [5.74, 6) is 0.934. The van der Waals surface area contributed by atoms with Crippen molar-refractivity contribution in [2.24, 2.45) is 0 Å². The van der Waals surface area contributed by atoms with E-state index >= 15 is 0 Å². The van der Waals surface area contributed by atoms with E-state index in [4.69, 9.17) is 7.85 Å². The van der Waals surface area contributed by atoms with Crippen LogP contribution in [0.4, 0.5) is 5.69 Å². The Hall–Kier alpha value is -2.56. The van der Waals surface area contributed by atoms with Gasteiger partial charge in [-0.3, -0.25) is 9.97 Å². The zero-order chi connectivity index (χ0) is 18.7. The maximum absolute atomic E-state index is 5.98. The predicted octanol–water partition coefficient (Wildman–Crippen LogP) is 3.46. The maximum atomic E-state index is 5.98. The third kappa shape index (κ3) is 4.30. The topological polar surface area (TPSA) is 49.8 Å². The molecule has 0 aromatic carbocycles. The third-order valence-corrected chi connectivity index (χ3v) is 4.08. The van der Waals surface area contributed by atoms with Gasteiger partial charge < -0.3 is 10.6 Å². The Morgan fingerprint density at radius 1 is 1.16 bits per heavy atom. The van der Waals surface area contributed by atoms with Gasteiger partial charge >= 0.3 is 0 Å². The fourth-order valence-electron chi connectivity index (χ4n) is 2.66. The average molecular weight is 332 g/mol. The summed E-state index contributed by atoms with van der Waals surface area (Å²) in [5.41, 5.74) is 7.00. The van der Waals surface area contributed by atoms with Crippen LogP contribution in [-0.4, -0.2) is 17.8 Å². The SMILES string of the molecule is [B]c1cc(C(=C)NC(=C)Nc2c(C)ccnc2C(C)C)c(C)nc1C. The molecule has 0 aliphatic heterocycles. The number of aromatic nitrogens is 2. The second kappa shape index (κ2) is 7.56. The molecule has 0 spiro atoms. The molecule has 0 amide bonds. The molecule has 2 heterocycles. The molecular weight excluding hydrogens is 307 g/mol. The molecule has 0 atom stereocenters.